The molecule has 1 aliphatic heterocycles. The standard InChI is InChI=1S/C26H22FN3O/c27-18-12-10-15(11-13-18)21-22-20(14-17-8-4-5-9-19(17)24(22)28)31-26-23(21)25(29-30-26)16-6-2-1-3-7-16/h1-3,6-7,10-14,21H,4-5,8-9,28H2,(H,29,30). The Morgan fingerprint density at radius 3 is 2.55 bits per heavy atom. The first-order chi connectivity index (χ1) is 15.2. The summed E-state index contributed by atoms with van der Waals surface area (Å²) in [5.74, 6) is 0.854. The Morgan fingerprint density at radius 2 is 1.74 bits per heavy atom. The number of nitrogen functional groups attached to an aromatic ring is 1. The minimum atomic E-state index is -0.259. The van der Waals surface area contributed by atoms with Crippen molar-refractivity contribution in [2.45, 2.75) is 31.6 Å². The van der Waals surface area contributed by atoms with E-state index in [1.54, 1.807) is 0 Å². The van der Waals surface area contributed by atoms with Crippen LogP contribution < -0.4 is 10.5 Å². The topological polar surface area (TPSA) is 63.9 Å². The molecular weight excluding hydrogens is 389 g/mol. The third-order valence-corrected chi connectivity index (χ3v) is 6.52. The second-order valence-corrected chi connectivity index (χ2v) is 8.32. The molecule has 0 saturated carbocycles. The fraction of sp³-hybridized carbons (Fsp3) is 0.192. The number of nitrogens with two attached hydrogens (primary N) is 1. The number of aromatic amines is 1. The summed E-state index contributed by atoms with van der Waals surface area (Å²) >= 11 is 0. The molecule has 1 aromatic heterocycles. The molecule has 6 rings (SSSR count). The van der Waals surface area contributed by atoms with E-state index in [1.807, 2.05) is 42.5 Å². The summed E-state index contributed by atoms with van der Waals surface area (Å²) in [5, 5.41) is 7.68. The molecule has 4 nitrogen and oxygen atoms in total. The van der Waals surface area contributed by atoms with Crippen molar-refractivity contribution >= 4 is 5.69 Å². The molecule has 0 amide bonds. The van der Waals surface area contributed by atoms with Crippen LogP contribution in [0.3, 0.4) is 0 Å². The molecule has 31 heavy (non-hydrogen) atoms. The molecule has 1 unspecified atom stereocenters. The lowest BCUT2D eigenvalue weighted by atomic mass is 9.78. The molecule has 0 bridgehead atoms. The average molecular weight is 411 g/mol. The van der Waals surface area contributed by atoms with Crippen LogP contribution >= 0.6 is 0 Å². The highest BCUT2D eigenvalue weighted by Gasteiger charge is 2.37. The van der Waals surface area contributed by atoms with E-state index in [0.29, 0.717) is 5.88 Å². The van der Waals surface area contributed by atoms with Crippen LogP contribution in [0, 0.1) is 5.82 Å². The zero-order valence-corrected chi connectivity index (χ0v) is 17.0. The normalized spacial score (nSPS) is 16.7. The number of ether oxygens (including phenoxy) is 1. The van der Waals surface area contributed by atoms with Gasteiger partial charge in [-0.15, -0.1) is 5.10 Å². The highest BCUT2D eigenvalue weighted by Crippen LogP contribution is 2.53. The van der Waals surface area contributed by atoms with Crippen molar-refractivity contribution in [3.63, 3.8) is 0 Å². The number of aryl methyl sites for hydroxylation is 1. The zero-order valence-electron chi connectivity index (χ0n) is 17.0. The number of nitrogens with zero attached hydrogens (tertiary/aromatic N) is 1. The van der Waals surface area contributed by atoms with Crippen molar-refractivity contribution in [1.29, 1.82) is 0 Å². The maximum Gasteiger partial charge on any atom is 0.242 e. The van der Waals surface area contributed by atoms with Crippen LogP contribution in [0.5, 0.6) is 11.6 Å². The van der Waals surface area contributed by atoms with E-state index in [4.69, 9.17) is 10.5 Å². The van der Waals surface area contributed by atoms with Gasteiger partial charge in [-0.3, -0.25) is 5.10 Å². The predicted octanol–water partition coefficient (Wildman–Crippen LogP) is 5.96. The van der Waals surface area contributed by atoms with Crippen molar-refractivity contribution in [2.24, 2.45) is 0 Å². The monoisotopic (exact) mass is 411 g/mol. The zero-order chi connectivity index (χ0) is 20.9. The summed E-state index contributed by atoms with van der Waals surface area (Å²) in [5.41, 5.74) is 14.9. The fourth-order valence-electron chi connectivity index (χ4n) is 5.05. The van der Waals surface area contributed by atoms with Gasteiger partial charge in [0.15, 0.2) is 0 Å². The molecule has 0 fully saturated rings. The van der Waals surface area contributed by atoms with Gasteiger partial charge in [-0.1, -0.05) is 42.5 Å². The van der Waals surface area contributed by atoms with Crippen LogP contribution in [-0.4, -0.2) is 10.2 Å². The van der Waals surface area contributed by atoms with Gasteiger partial charge in [-0.05, 0) is 66.1 Å². The molecule has 4 aromatic rings. The molecule has 5 heteroatoms. The third-order valence-electron chi connectivity index (χ3n) is 6.52. The smallest absolute Gasteiger partial charge is 0.242 e. The SMILES string of the molecule is Nc1c2c(cc3c1C(c1ccc(F)cc1)c1c(n[nH]c1-c1ccccc1)O3)CCCC2. The van der Waals surface area contributed by atoms with Gasteiger partial charge in [-0.2, -0.15) is 0 Å². The quantitative estimate of drug-likeness (QED) is 0.352. The van der Waals surface area contributed by atoms with E-state index in [2.05, 4.69) is 16.3 Å². The van der Waals surface area contributed by atoms with Crippen LogP contribution in [0.25, 0.3) is 11.3 Å². The van der Waals surface area contributed by atoms with E-state index in [1.165, 1.54) is 29.7 Å². The summed E-state index contributed by atoms with van der Waals surface area (Å²) < 4.78 is 20.1. The highest BCUT2D eigenvalue weighted by molar-refractivity contribution is 5.76. The lowest BCUT2D eigenvalue weighted by Crippen LogP contribution is -2.17. The Balaban J connectivity index is 1.63. The number of aromatic nitrogens is 2. The Labute approximate surface area is 179 Å². The van der Waals surface area contributed by atoms with Crippen LogP contribution in [0.4, 0.5) is 10.1 Å². The maximum atomic E-state index is 13.8. The number of hydrogen-bond donors (Lipinski definition) is 2. The Kier molecular flexibility index (Phi) is 4.10. The number of nitrogens with one attached hydrogen (secondary N) is 1. The van der Waals surface area contributed by atoms with Crippen LogP contribution in [0.15, 0.2) is 60.7 Å². The molecule has 0 saturated heterocycles. The first kappa shape index (κ1) is 18.2. The molecule has 1 atom stereocenters. The number of H-pyrrole nitrogens is 1. The molecule has 0 spiro atoms. The maximum absolute atomic E-state index is 13.8. The van der Waals surface area contributed by atoms with Crippen LogP contribution in [-0.2, 0) is 12.8 Å². The second kappa shape index (κ2) is 6.98. The summed E-state index contributed by atoms with van der Waals surface area (Å²) in [7, 11) is 0. The molecule has 2 aliphatic rings. The number of anilines is 1. The molecule has 1 aliphatic carbocycles. The van der Waals surface area contributed by atoms with Gasteiger partial charge in [0.2, 0.25) is 5.88 Å². The number of halogens is 1. The van der Waals surface area contributed by atoms with Gasteiger partial charge in [0.25, 0.3) is 0 Å². The van der Waals surface area contributed by atoms with Gasteiger partial charge < -0.3 is 10.5 Å². The highest BCUT2D eigenvalue weighted by atomic mass is 19.1. The van der Waals surface area contributed by atoms with Gasteiger partial charge >= 0.3 is 0 Å². The lowest BCUT2D eigenvalue weighted by molar-refractivity contribution is 0.434. The number of fused-ring (bicyclic) bond motifs is 3. The van der Waals surface area contributed by atoms with Gasteiger partial charge in [0.1, 0.15) is 11.6 Å². The van der Waals surface area contributed by atoms with Crippen molar-refractivity contribution < 1.29 is 9.13 Å². The summed E-state index contributed by atoms with van der Waals surface area (Å²) in [6.45, 7) is 0. The number of rotatable bonds is 2. The number of hydrogen-bond acceptors (Lipinski definition) is 3. The fourth-order valence-corrected chi connectivity index (χ4v) is 5.05. The molecule has 154 valence electrons. The van der Waals surface area contributed by atoms with Crippen molar-refractivity contribution in [3.8, 4) is 22.9 Å². The van der Waals surface area contributed by atoms with E-state index in [0.717, 1.165) is 58.6 Å². The molecule has 3 aromatic carbocycles. The van der Waals surface area contributed by atoms with E-state index in [9.17, 15) is 4.39 Å². The second-order valence-electron chi connectivity index (χ2n) is 8.32. The van der Waals surface area contributed by atoms with Crippen LogP contribution in [0.2, 0.25) is 0 Å². The minimum Gasteiger partial charge on any atom is -0.437 e. The first-order valence-corrected chi connectivity index (χ1v) is 10.7. The van der Waals surface area contributed by atoms with E-state index in [-0.39, 0.29) is 11.7 Å². The van der Waals surface area contributed by atoms with Crippen LogP contribution in [0.1, 0.15) is 46.6 Å². The Morgan fingerprint density at radius 1 is 0.968 bits per heavy atom. The van der Waals surface area contributed by atoms with Crippen molar-refractivity contribution in [2.75, 3.05) is 5.73 Å². The van der Waals surface area contributed by atoms with Crippen molar-refractivity contribution in [1.82, 2.24) is 10.2 Å². The third kappa shape index (κ3) is 2.84. The van der Waals surface area contributed by atoms with Crippen molar-refractivity contribution in [3.05, 3.63) is 94.3 Å². The Bertz CT molecular complexity index is 1280. The first-order valence-electron chi connectivity index (χ1n) is 10.7. The molecule has 2 heterocycles. The van der Waals surface area contributed by atoms with E-state index >= 15 is 0 Å². The number of benzene rings is 3. The molecule has 0 radical (unpaired) electrons. The average Bonchev–Trinajstić information content (AvgIpc) is 3.23. The molecule has 3 N–H and O–H groups in total. The summed E-state index contributed by atoms with van der Waals surface area (Å²) in [4.78, 5) is 0. The van der Waals surface area contributed by atoms with Gasteiger partial charge in [0.05, 0.1) is 11.3 Å². The summed E-state index contributed by atoms with van der Waals surface area (Å²) in [6.07, 6.45) is 4.30. The lowest BCUT2D eigenvalue weighted by Gasteiger charge is -2.31. The van der Waals surface area contributed by atoms with Gasteiger partial charge in [0, 0.05) is 17.2 Å². The molecular formula is C26H22FN3O. The predicted molar refractivity (Wildman–Crippen MR) is 119 cm³/mol. The Hall–Kier alpha value is -3.60. The minimum absolute atomic E-state index is 0.194. The van der Waals surface area contributed by atoms with E-state index < -0.39 is 0 Å². The van der Waals surface area contributed by atoms with Gasteiger partial charge in [-0.25, -0.2) is 4.39 Å². The largest absolute Gasteiger partial charge is 0.437 e. The summed E-state index contributed by atoms with van der Waals surface area (Å²) in [6, 6.07) is 18.9.